The third-order valence-corrected chi connectivity index (χ3v) is 5.21. The molecule has 2 N–H and O–H groups in total. The summed E-state index contributed by atoms with van der Waals surface area (Å²) in [6.45, 7) is 4.92. The number of piperidine rings is 1. The molecule has 2 atom stereocenters. The number of hydrogen-bond donors (Lipinski definition) is 1. The van der Waals surface area contributed by atoms with Crippen molar-refractivity contribution < 1.29 is 4.74 Å². The summed E-state index contributed by atoms with van der Waals surface area (Å²) in [6, 6.07) is 13.1. The molecule has 1 aliphatic rings. The van der Waals surface area contributed by atoms with Gasteiger partial charge in [-0.15, -0.1) is 11.3 Å². The van der Waals surface area contributed by atoms with E-state index in [-0.39, 0.29) is 6.04 Å². The monoisotopic (exact) mass is 330 g/mol. The van der Waals surface area contributed by atoms with E-state index >= 15 is 0 Å². The highest BCUT2D eigenvalue weighted by molar-refractivity contribution is 7.09. The summed E-state index contributed by atoms with van der Waals surface area (Å²) in [6.07, 6.45) is 3.29. The molecule has 0 aliphatic carbocycles. The SMILES string of the molecule is CCCOc1ccc(N2CC(N)CC(Cc3cccs3)C2)cc1. The second-order valence-corrected chi connectivity index (χ2v) is 7.42. The minimum Gasteiger partial charge on any atom is -0.494 e. The first kappa shape index (κ1) is 16.3. The van der Waals surface area contributed by atoms with E-state index in [9.17, 15) is 0 Å². The average Bonchev–Trinajstić information content (AvgIpc) is 3.06. The standard InChI is InChI=1S/C19H26N2OS/c1-2-9-22-18-7-5-17(6-8-18)21-13-15(11-16(20)14-21)12-19-4-3-10-23-19/h3-8,10,15-16H,2,9,11-14,20H2,1H3. The fourth-order valence-corrected chi connectivity index (χ4v) is 4.11. The molecule has 1 aromatic carbocycles. The summed E-state index contributed by atoms with van der Waals surface area (Å²) in [5.74, 6) is 1.58. The molecule has 1 aromatic heterocycles. The second kappa shape index (κ2) is 7.84. The van der Waals surface area contributed by atoms with Crippen LogP contribution < -0.4 is 15.4 Å². The Morgan fingerprint density at radius 3 is 2.74 bits per heavy atom. The van der Waals surface area contributed by atoms with Crippen LogP contribution in [0.3, 0.4) is 0 Å². The van der Waals surface area contributed by atoms with Crippen LogP contribution in [0.15, 0.2) is 41.8 Å². The molecular formula is C19H26N2OS. The van der Waals surface area contributed by atoms with Crippen LogP contribution in [-0.2, 0) is 6.42 Å². The maximum absolute atomic E-state index is 6.31. The summed E-state index contributed by atoms with van der Waals surface area (Å²) in [5, 5.41) is 2.16. The van der Waals surface area contributed by atoms with Gasteiger partial charge in [0.15, 0.2) is 0 Å². The van der Waals surface area contributed by atoms with Gasteiger partial charge in [-0.05, 0) is 60.9 Å². The molecule has 3 rings (SSSR count). The van der Waals surface area contributed by atoms with Gasteiger partial charge in [-0.25, -0.2) is 0 Å². The van der Waals surface area contributed by atoms with Gasteiger partial charge in [-0.2, -0.15) is 0 Å². The molecule has 1 fully saturated rings. The Labute approximate surface area is 143 Å². The minimum atomic E-state index is 0.254. The van der Waals surface area contributed by atoms with Gasteiger partial charge in [0.05, 0.1) is 6.61 Å². The fraction of sp³-hybridized carbons (Fsp3) is 0.474. The topological polar surface area (TPSA) is 38.5 Å². The third-order valence-electron chi connectivity index (χ3n) is 4.31. The lowest BCUT2D eigenvalue weighted by Crippen LogP contribution is -2.47. The maximum Gasteiger partial charge on any atom is 0.119 e. The molecule has 2 heterocycles. The van der Waals surface area contributed by atoms with E-state index in [1.165, 1.54) is 10.6 Å². The first-order valence-corrected chi connectivity index (χ1v) is 9.38. The Balaban J connectivity index is 1.64. The van der Waals surface area contributed by atoms with Crippen molar-refractivity contribution in [2.45, 2.75) is 32.2 Å². The van der Waals surface area contributed by atoms with Gasteiger partial charge in [0, 0.05) is 29.7 Å². The Morgan fingerprint density at radius 2 is 2.04 bits per heavy atom. The van der Waals surface area contributed by atoms with E-state index in [0.717, 1.165) is 44.7 Å². The quantitative estimate of drug-likeness (QED) is 0.872. The van der Waals surface area contributed by atoms with Gasteiger partial charge in [-0.1, -0.05) is 13.0 Å². The highest BCUT2D eigenvalue weighted by atomic mass is 32.1. The van der Waals surface area contributed by atoms with E-state index in [2.05, 4.69) is 53.6 Å². The second-order valence-electron chi connectivity index (χ2n) is 6.39. The molecular weight excluding hydrogens is 304 g/mol. The molecule has 0 saturated carbocycles. The van der Waals surface area contributed by atoms with E-state index in [1.807, 2.05) is 11.3 Å². The van der Waals surface area contributed by atoms with Crippen LogP contribution in [0, 0.1) is 5.92 Å². The number of hydrogen-bond acceptors (Lipinski definition) is 4. The first-order valence-electron chi connectivity index (χ1n) is 8.50. The number of rotatable bonds is 6. The van der Waals surface area contributed by atoms with E-state index in [0.29, 0.717) is 5.92 Å². The van der Waals surface area contributed by atoms with Crippen LogP contribution >= 0.6 is 11.3 Å². The van der Waals surface area contributed by atoms with Crippen LogP contribution in [0.1, 0.15) is 24.6 Å². The Kier molecular flexibility index (Phi) is 5.57. The maximum atomic E-state index is 6.31. The number of benzene rings is 1. The molecule has 2 aromatic rings. The summed E-state index contributed by atoms with van der Waals surface area (Å²) < 4.78 is 5.67. The zero-order valence-electron chi connectivity index (χ0n) is 13.8. The van der Waals surface area contributed by atoms with Crippen molar-refractivity contribution >= 4 is 17.0 Å². The van der Waals surface area contributed by atoms with Crippen LogP contribution in [-0.4, -0.2) is 25.7 Å². The summed E-state index contributed by atoms with van der Waals surface area (Å²) in [7, 11) is 0. The molecule has 3 nitrogen and oxygen atoms in total. The van der Waals surface area contributed by atoms with E-state index < -0.39 is 0 Å². The summed E-state index contributed by atoms with van der Waals surface area (Å²) in [4.78, 5) is 3.89. The van der Waals surface area contributed by atoms with Crippen molar-refractivity contribution in [2.75, 3.05) is 24.6 Å². The van der Waals surface area contributed by atoms with Crippen molar-refractivity contribution in [2.24, 2.45) is 11.7 Å². The number of nitrogens with two attached hydrogens (primary N) is 1. The zero-order chi connectivity index (χ0) is 16.1. The predicted molar refractivity (Wildman–Crippen MR) is 98.5 cm³/mol. The lowest BCUT2D eigenvalue weighted by atomic mass is 9.91. The normalized spacial score (nSPS) is 21.4. The molecule has 124 valence electrons. The third kappa shape index (κ3) is 4.49. The molecule has 4 heteroatoms. The minimum absolute atomic E-state index is 0.254. The van der Waals surface area contributed by atoms with Gasteiger partial charge in [0.2, 0.25) is 0 Å². The summed E-state index contributed by atoms with van der Waals surface area (Å²) in [5.41, 5.74) is 7.56. The van der Waals surface area contributed by atoms with Crippen molar-refractivity contribution in [1.82, 2.24) is 0 Å². The number of anilines is 1. The number of ether oxygens (including phenoxy) is 1. The van der Waals surface area contributed by atoms with Crippen molar-refractivity contribution in [1.29, 1.82) is 0 Å². The van der Waals surface area contributed by atoms with Gasteiger partial charge in [-0.3, -0.25) is 0 Å². The van der Waals surface area contributed by atoms with Crippen LogP contribution in [0.5, 0.6) is 5.75 Å². The molecule has 2 unspecified atom stereocenters. The van der Waals surface area contributed by atoms with Gasteiger partial charge in [0.25, 0.3) is 0 Å². The van der Waals surface area contributed by atoms with Gasteiger partial charge < -0.3 is 15.4 Å². The van der Waals surface area contributed by atoms with Crippen LogP contribution in [0.25, 0.3) is 0 Å². The lowest BCUT2D eigenvalue weighted by molar-refractivity contribution is 0.317. The molecule has 1 saturated heterocycles. The van der Waals surface area contributed by atoms with Crippen LogP contribution in [0.2, 0.25) is 0 Å². The Bertz CT molecular complexity index is 582. The molecule has 23 heavy (non-hydrogen) atoms. The number of thiophene rings is 1. The van der Waals surface area contributed by atoms with Gasteiger partial charge in [0.1, 0.15) is 5.75 Å². The molecule has 0 radical (unpaired) electrons. The number of nitrogens with zero attached hydrogens (tertiary/aromatic N) is 1. The molecule has 0 amide bonds. The predicted octanol–water partition coefficient (Wildman–Crippen LogP) is 3.93. The van der Waals surface area contributed by atoms with Crippen molar-refractivity contribution in [3.8, 4) is 5.75 Å². The van der Waals surface area contributed by atoms with E-state index in [4.69, 9.17) is 10.5 Å². The largest absolute Gasteiger partial charge is 0.494 e. The zero-order valence-corrected chi connectivity index (χ0v) is 14.6. The highest BCUT2D eigenvalue weighted by Gasteiger charge is 2.25. The molecule has 0 bridgehead atoms. The van der Waals surface area contributed by atoms with Crippen molar-refractivity contribution in [3.05, 3.63) is 46.7 Å². The highest BCUT2D eigenvalue weighted by Crippen LogP contribution is 2.27. The smallest absolute Gasteiger partial charge is 0.119 e. The fourth-order valence-electron chi connectivity index (χ4n) is 3.29. The van der Waals surface area contributed by atoms with Crippen LogP contribution in [0.4, 0.5) is 5.69 Å². The van der Waals surface area contributed by atoms with E-state index in [1.54, 1.807) is 0 Å². The van der Waals surface area contributed by atoms with Gasteiger partial charge >= 0.3 is 0 Å². The Morgan fingerprint density at radius 1 is 1.22 bits per heavy atom. The summed E-state index contributed by atoms with van der Waals surface area (Å²) >= 11 is 1.85. The lowest BCUT2D eigenvalue weighted by Gasteiger charge is -2.37. The average molecular weight is 330 g/mol. The molecule has 0 spiro atoms. The molecule has 1 aliphatic heterocycles. The Hall–Kier alpha value is -1.52. The first-order chi connectivity index (χ1) is 11.2. The van der Waals surface area contributed by atoms with Crippen molar-refractivity contribution in [3.63, 3.8) is 0 Å².